The maximum atomic E-state index is 4.03. The molecule has 0 radical (unpaired) electrons. The van der Waals surface area contributed by atoms with Crippen molar-refractivity contribution in [2.45, 2.75) is 25.8 Å². The van der Waals surface area contributed by atoms with Gasteiger partial charge in [0.15, 0.2) is 0 Å². The fourth-order valence-corrected chi connectivity index (χ4v) is 1.82. The third kappa shape index (κ3) is 2.21. The first-order chi connectivity index (χ1) is 6.27. The highest BCUT2D eigenvalue weighted by Crippen LogP contribution is 2.34. The van der Waals surface area contributed by atoms with Gasteiger partial charge >= 0.3 is 0 Å². The van der Waals surface area contributed by atoms with Crippen molar-refractivity contribution in [2.24, 2.45) is 5.92 Å². The van der Waals surface area contributed by atoms with E-state index in [2.05, 4.69) is 33.2 Å². The highest BCUT2D eigenvalue weighted by atomic mass is 79.9. The minimum absolute atomic E-state index is 0.582. The van der Waals surface area contributed by atoms with Gasteiger partial charge in [-0.25, -0.2) is 0 Å². The van der Waals surface area contributed by atoms with E-state index in [9.17, 15) is 0 Å². The average molecular weight is 241 g/mol. The summed E-state index contributed by atoms with van der Waals surface area (Å²) in [7, 11) is 0. The molecule has 3 heteroatoms. The number of nitrogens with zero attached hydrogens (tertiary/aromatic N) is 1. The van der Waals surface area contributed by atoms with E-state index in [4.69, 9.17) is 0 Å². The first kappa shape index (κ1) is 9.00. The molecule has 1 aliphatic rings. The van der Waals surface area contributed by atoms with Crippen LogP contribution in [0.15, 0.2) is 22.9 Å². The molecule has 0 aromatic carbocycles. The number of rotatable bonds is 3. The molecule has 2 nitrogen and oxygen atoms in total. The topological polar surface area (TPSA) is 24.9 Å². The SMILES string of the molecule is CC(Nc1ccncc1Br)C1CC1. The highest BCUT2D eigenvalue weighted by Gasteiger charge is 2.27. The molecule has 2 rings (SSSR count). The number of aromatic nitrogens is 1. The van der Waals surface area contributed by atoms with E-state index in [0.29, 0.717) is 6.04 Å². The standard InChI is InChI=1S/C10H13BrN2/c1-7(8-2-3-8)13-10-4-5-12-6-9(10)11/h4-8H,2-3H2,1H3,(H,12,13). The third-order valence-corrected chi connectivity index (χ3v) is 3.12. The number of hydrogen-bond donors (Lipinski definition) is 1. The summed E-state index contributed by atoms with van der Waals surface area (Å²) in [5, 5.41) is 3.49. The van der Waals surface area contributed by atoms with E-state index in [1.165, 1.54) is 12.8 Å². The van der Waals surface area contributed by atoms with Gasteiger partial charge in [-0.15, -0.1) is 0 Å². The Kier molecular flexibility index (Phi) is 2.54. The summed E-state index contributed by atoms with van der Waals surface area (Å²) in [6.07, 6.45) is 6.38. The second-order valence-electron chi connectivity index (χ2n) is 3.63. The van der Waals surface area contributed by atoms with Gasteiger partial charge < -0.3 is 5.32 Å². The Balaban J connectivity index is 2.03. The molecule has 1 aromatic heterocycles. The van der Waals surface area contributed by atoms with Gasteiger partial charge in [-0.3, -0.25) is 4.98 Å². The molecule has 1 saturated carbocycles. The molecular weight excluding hydrogens is 228 g/mol. The molecule has 0 bridgehead atoms. The van der Waals surface area contributed by atoms with Gasteiger partial charge in [0.05, 0.1) is 10.2 Å². The van der Waals surface area contributed by atoms with Crippen LogP contribution in [0, 0.1) is 5.92 Å². The molecule has 0 aliphatic heterocycles. The van der Waals surface area contributed by atoms with E-state index < -0.39 is 0 Å². The van der Waals surface area contributed by atoms with Crippen LogP contribution in [0.3, 0.4) is 0 Å². The van der Waals surface area contributed by atoms with Gasteiger partial charge in [0.25, 0.3) is 0 Å². The van der Waals surface area contributed by atoms with Crippen molar-refractivity contribution in [1.29, 1.82) is 0 Å². The van der Waals surface area contributed by atoms with Crippen LogP contribution in [0.4, 0.5) is 5.69 Å². The monoisotopic (exact) mass is 240 g/mol. The minimum Gasteiger partial charge on any atom is -0.381 e. The first-order valence-electron chi connectivity index (χ1n) is 4.63. The molecule has 1 aliphatic carbocycles. The zero-order valence-electron chi connectivity index (χ0n) is 7.63. The summed E-state index contributed by atoms with van der Waals surface area (Å²) >= 11 is 3.47. The molecule has 13 heavy (non-hydrogen) atoms. The van der Waals surface area contributed by atoms with Crippen molar-refractivity contribution in [3.8, 4) is 0 Å². The van der Waals surface area contributed by atoms with Crippen molar-refractivity contribution < 1.29 is 0 Å². The Morgan fingerprint density at radius 2 is 2.38 bits per heavy atom. The lowest BCUT2D eigenvalue weighted by molar-refractivity contribution is 0.693. The lowest BCUT2D eigenvalue weighted by Crippen LogP contribution is -2.17. The summed E-state index contributed by atoms with van der Waals surface area (Å²) in [5.74, 6) is 0.875. The Morgan fingerprint density at radius 1 is 1.62 bits per heavy atom. The predicted molar refractivity (Wildman–Crippen MR) is 57.7 cm³/mol. The van der Waals surface area contributed by atoms with Crippen LogP contribution >= 0.6 is 15.9 Å². The lowest BCUT2D eigenvalue weighted by atomic mass is 10.2. The maximum Gasteiger partial charge on any atom is 0.0590 e. The quantitative estimate of drug-likeness (QED) is 0.879. The van der Waals surface area contributed by atoms with Crippen LogP contribution in [-0.2, 0) is 0 Å². The van der Waals surface area contributed by atoms with Crippen LogP contribution in [0.1, 0.15) is 19.8 Å². The van der Waals surface area contributed by atoms with E-state index in [1.807, 2.05) is 18.5 Å². The van der Waals surface area contributed by atoms with Crippen molar-refractivity contribution in [1.82, 2.24) is 4.98 Å². The average Bonchev–Trinajstić information content (AvgIpc) is 2.91. The lowest BCUT2D eigenvalue weighted by Gasteiger charge is -2.14. The number of pyridine rings is 1. The Labute approximate surface area is 86.9 Å². The Morgan fingerprint density at radius 3 is 3.00 bits per heavy atom. The molecule has 1 fully saturated rings. The maximum absolute atomic E-state index is 4.03. The molecule has 1 atom stereocenters. The number of anilines is 1. The van der Waals surface area contributed by atoms with Crippen LogP contribution in [0.25, 0.3) is 0 Å². The zero-order valence-corrected chi connectivity index (χ0v) is 9.21. The molecule has 1 aromatic rings. The van der Waals surface area contributed by atoms with E-state index >= 15 is 0 Å². The third-order valence-electron chi connectivity index (χ3n) is 2.48. The van der Waals surface area contributed by atoms with E-state index in [1.54, 1.807) is 0 Å². The molecule has 0 amide bonds. The molecule has 0 saturated heterocycles. The van der Waals surface area contributed by atoms with Crippen molar-refractivity contribution in [3.05, 3.63) is 22.9 Å². The second-order valence-corrected chi connectivity index (χ2v) is 4.48. The van der Waals surface area contributed by atoms with Crippen LogP contribution in [-0.4, -0.2) is 11.0 Å². The summed E-state index contributed by atoms with van der Waals surface area (Å²) in [5.41, 5.74) is 1.15. The Hall–Kier alpha value is -0.570. The number of hydrogen-bond acceptors (Lipinski definition) is 2. The molecule has 1 unspecified atom stereocenters. The van der Waals surface area contributed by atoms with Crippen LogP contribution in [0.2, 0.25) is 0 Å². The summed E-state index contributed by atoms with van der Waals surface area (Å²) in [6, 6.07) is 2.59. The zero-order chi connectivity index (χ0) is 9.26. The molecule has 1 heterocycles. The number of halogens is 1. The van der Waals surface area contributed by atoms with E-state index in [-0.39, 0.29) is 0 Å². The Bertz CT molecular complexity index is 297. The predicted octanol–water partition coefficient (Wildman–Crippen LogP) is 3.05. The fourth-order valence-electron chi connectivity index (χ4n) is 1.45. The van der Waals surface area contributed by atoms with Gasteiger partial charge in [0.2, 0.25) is 0 Å². The van der Waals surface area contributed by atoms with Gasteiger partial charge in [-0.2, -0.15) is 0 Å². The number of nitrogens with one attached hydrogen (secondary N) is 1. The van der Waals surface area contributed by atoms with Gasteiger partial charge in [-0.1, -0.05) is 0 Å². The first-order valence-corrected chi connectivity index (χ1v) is 5.42. The minimum atomic E-state index is 0.582. The van der Waals surface area contributed by atoms with E-state index in [0.717, 1.165) is 16.1 Å². The van der Waals surface area contributed by atoms with Crippen molar-refractivity contribution in [2.75, 3.05) is 5.32 Å². The molecule has 0 spiro atoms. The fraction of sp³-hybridized carbons (Fsp3) is 0.500. The molecule has 1 N–H and O–H groups in total. The van der Waals surface area contributed by atoms with Crippen LogP contribution in [0.5, 0.6) is 0 Å². The highest BCUT2D eigenvalue weighted by molar-refractivity contribution is 9.10. The smallest absolute Gasteiger partial charge is 0.0590 e. The largest absolute Gasteiger partial charge is 0.381 e. The second kappa shape index (κ2) is 3.66. The summed E-state index contributed by atoms with van der Waals surface area (Å²) < 4.78 is 1.04. The van der Waals surface area contributed by atoms with Crippen molar-refractivity contribution in [3.63, 3.8) is 0 Å². The normalized spacial score (nSPS) is 18.3. The summed E-state index contributed by atoms with van der Waals surface area (Å²) in [6.45, 7) is 2.24. The van der Waals surface area contributed by atoms with Crippen molar-refractivity contribution >= 4 is 21.6 Å². The van der Waals surface area contributed by atoms with Gasteiger partial charge in [0, 0.05) is 18.4 Å². The van der Waals surface area contributed by atoms with Crippen LogP contribution < -0.4 is 5.32 Å². The van der Waals surface area contributed by atoms with Gasteiger partial charge in [0.1, 0.15) is 0 Å². The van der Waals surface area contributed by atoms with Gasteiger partial charge in [-0.05, 0) is 47.7 Å². The summed E-state index contributed by atoms with van der Waals surface area (Å²) in [4.78, 5) is 4.03. The molecule has 70 valence electrons. The molecular formula is C10H13BrN2.